The van der Waals surface area contributed by atoms with Gasteiger partial charge < -0.3 is 10.2 Å². The largest absolute Gasteiger partial charge is 0.363 e. The van der Waals surface area contributed by atoms with Crippen molar-refractivity contribution in [3.05, 3.63) is 59.7 Å². The van der Waals surface area contributed by atoms with Crippen LogP contribution in [0.2, 0.25) is 0 Å². The maximum absolute atomic E-state index is 12.5. The summed E-state index contributed by atoms with van der Waals surface area (Å²) in [5, 5.41) is 2.36. The number of sulfonamides is 1. The van der Waals surface area contributed by atoms with Crippen LogP contribution in [0.25, 0.3) is 0 Å². The number of aryl methyl sites for hydroxylation is 1. The second-order valence-electron chi connectivity index (χ2n) is 8.55. The van der Waals surface area contributed by atoms with Gasteiger partial charge in [-0.2, -0.15) is 5.48 Å². The molecule has 2 aromatic carbocycles. The number of carbonyl (C=O) groups excluding carboxylic acids is 3. The SMILES string of the molecule is CCCSN(C(=O)NOC(=O)c1cccc(NC(=O)NS(=O)(=O)c2ccc(C)cc2)c1)C(C)(C)C. The monoisotopic (exact) mass is 522 g/mol. The fraction of sp³-hybridized carbons (Fsp3) is 0.348. The average molecular weight is 523 g/mol. The van der Waals surface area contributed by atoms with Gasteiger partial charge in [0.25, 0.3) is 10.0 Å². The molecule has 0 bridgehead atoms. The van der Waals surface area contributed by atoms with Crippen LogP contribution in [0.1, 0.15) is 50.0 Å². The van der Waals surface area contributed by atoms with Crippen molar-refractivity contribution in [3.63, 3.8) is 0 Å². The Labute approximate surface area is 209 Å². The van der Waals surface area contributed by atoms with E-state index in [1.165, 1.54) is 52.7 Å². The van der Waals surface area contributed by atoms with Crippen molar-refractivity contribution < 1.29 is 27.6 Å². The summed E-state index contributed by atoms with van der Waals surface area (Å²) in [6, 6.07) is 10.1. The number of nitrogens with one attached hydrogen (secondary N) is 3. The molecule has 10 nitrogen and oxygen atoms in total. The molecule has 0 spiro atoms. The first-order valence-corrected chi connectivity index (χ1v) is 13.2. The second kappa shape index (κ2) is 11.9. The summed E-state index contributed by atoms with van der Waals surface area (Å²) in [5.74, 6) is -0.141. The van der Waals surface area contributed by atoms with Gasteiger partial charge in [-0.25, -0.2) is 27.5 Å². The van der Waals surface area contributed by atoms with Crippen LogP contribution in [0.15, 0.2) is 53.4 Å². The molecule has 0 atom stereocenters. The molecule has 12 heteroatoms. The van der Waals surface area contributed by atoms with Gasteiger partial charge in [0.15, 0.2) is 0 Å². The predicted octanol–water partition coefficient (Wildman–Crippen LogP) is 4.45. The molecule has 0 aromatic heterocycles. The first kappa shape index (κ1) is 28.0. The molecule has 0 aliphatic carbocycles. The molecule has 0 aliphatic rings. The van der Waals surface area contributed by atoms with Gasteiger partial charge in [0.2, 0.25) is 0 Å². The Morgan fingerprint density at radius 1 is 1.06 bits per heavy atom. The average Bonchev–Trinajstić information content (AvgIpc) is 2.76. The van der Waals surface area contributed by atoms with Crippen molar-refractivity contribution in [2.45, 2.75) is 51.5 Å². The lowest BCUT2D eigenvalue weighted by molar-refractivity contribution is 0.0293. The van der Waals surface area contributed by atoms with Crippen molar-refractivity contribution in [2.75, 3.05) is 11.1 Å². The Balaban J connectivity index is 2.00. The molecule has 35 heavy (non-hydrogen) atoms. The second-order valence-corrected chi connectivity index (χ2v) is 11.3. The Kier molecular flexibility index (Phi) is 9.55. The lowest BCUT2D eigenvalue weighted by atomic mass is 10.1. The van der Waals surface area contributed by atoms with E-state index in [-0.39, 0.29) is 16.1 Å². The maximum atomic E-state index is 12.5. The van der Waals surface area contributed by atoms with Crippen LogP contribution in [0.3, 0.4) is 0 Å². The van der Waals surface area contributed by atoms with E-state index in [0.717, 1.165) is 12.0 Å². The molecule has 4 amide bonds. The van der Waals surface area contributed by atoms with E-state index in [1.807, 2.05) is 39.3 Å². The van der Waals surface area contributed by atoms with Crippen LogP contribution in [-0.2, 0) is 14.9 Å². The zero-order valence-electron chi connectivity index (χ0n) is 20.2. The van der Waals surface area contributed by atoms with Crippen molar-refractivity contribution in [1.29, 1.82) is 0 Å². The first-order chi connectivity index (χ1) is 16.3. The smallest absolute Gasteiger partial charge is 0.334 e. The number of carbonyl (C=O) groups is 3. The van der Waals surface area contributed by atoms with E-state index < -0.39 is 33.6 Å². The number of hydrogen-bond acceptors (Lipinski definition) is 7. The summed E-state index contributed by atoms with van der Waals surface area (Å²) in [4.78, 5) is 42.0. The van der Waals surface area contributed by atoms with E-state index >= 15 is 0 Å². The van der Waals surface area contributed by atoms with Crippen molar-refractivity contribution >= 4 is 45.7 Å². The van der Waals surface area contributed by atoms with Gasteiger partial charge in [-0.15, -0.1) is 0 Å². The highest BCUT2D eigenvalue weighted by atomic mass is 32.2. The molecule has 0 aliphatic heterocycles. The number of urea groups is 2. The lowest BCUT2D eigenvalue weighted by Gasteiger charge is -2.33. The van der Waals surface area contributed by atoms with Crippen molar-refractivity contribution in [1.82, 2.24) is 14.5 Å². The summed E-state index contributed by atoms with van der Waals surface area (Å²) in [5.41, 5.74) is 2.70. The topological polar surface area (TPSA) is 134 Å². The number of hydrogen-bond donors (Lipinski definition) is 3. The zero-order chi connectivity index (χ0) is 26.2. The van der Waals surface area contributed by atoms with E-state index in [2.05, 4.69) is 10.8 Å². The van der Waals surface area contributed by atoms with E-state index in [9.17, 15) is 22.8 Å². The van der Waals surface area contributed by atoms with Crippen LogP contribution >= 0.6 is 11.9 Å². The van der Waals surface area contributed by atoms with Gasteiger partial charge in [0.05, 0.1) is 10.5 Å². The third-order valence-corrected chi connectivity index (χ3v) is 7.27. The number of amides is 4. The third-order valence-electron chi connectivity index (χ3n) is 4.36. The van der Waals surface area contributed by atoms with Gasteiger partial charge in [-0.1, -0.05) is 30.7 Å². The molecule has 190 valence electrons. The number of rotatable bonds is 7. The van der Waals surface area contributed by atoms with Crippen LogP contribution in [-0.4, -0.2) is 42.0 Å². The minimum Gasteiger partial charge on any atom is -0.334 e. The molecule has 0 unspecified atom stereocenters. The Hall–Kier alpha value is -3.25. The number of hydroxylamine groups is 1. The van der Waals surface area contributed by atoms with Gasteiger partial charge in [-0.3, -0.25) is 4.31 Å². The van der Waals surface area contributed by atoms with Gasteiger partial charge in [0.1, 0.15) is 0 Å². The van der Waals surface area contributed by atoms with Crippen LogP contribution in [0, 0.1) is 6.92 Å². The Morgan fingerprint density at radius 2 is 1.71 bits per heavy atom. The molecule has 0 saturated heterocycles. The lowest BCUT2D eigenvalue weighted by Crippen LogP contribution is -2.46. The maximum Gasteiger partial charge on any atom is 0.363 e. The van der Waals surface area contributed by atoms with E-state index in [0.29, 0.717) is 5.75 Å². The fourth-order valence-corrected chi connectivity index (χ4v) is 4.52. The molecule has 0 saturated carbocycles. The summed E-state index contributed by atoms with van der Waals surface area (Å²) < 4.78 is 28.1. The van der Waals surface area contributed by atoms with Crippen molar-refractivity contribution in [3.8, 4) is 0 Å². The summed E-state index contributed by atoms with van der Waals surface area (Å²) >= 11 is 1.32. The number of anilines is 1. The molecular weight excluding hydrogens is 492 g/mol. The van der Waals surface area contributed by atoms with Gasteiger partial charge in [-0.05, 0) is 76.4 Å². The van der Waals surface area contributed by atoms with Crippen LogP contribution < -0.4 is 15.5 Å². The highest BCUT2D eigenvalue weighted by Crippen LogP contribution is 2.24. The minimum atomic E-state index is -4.08. The molecule has 0 heterocycles. The molecule has 2 rings (SSSR count). The zero-order valence-corrected chi connectivity index (χ0v) is 21.9. The van der Waals surface area contributed by atoms with Crippen LogP contribution in [0.4, 0.5) is 15.3 Å². The normalized spacial score (nSPS) is 11.3. The summed E-state index contributed by atoms with van der Waals surface area (Å²) in [6.07, 6.45) is 0.865. The standard InChI is InChI=1S/C23H30N4O6S2/c1-6-14-34-27(23(3,4)5)22(30)25-33-20(28)17-8-7-9-18(15-17)24-21(29)26-35(31,32)19-12-10-16(2)11-13-19/h7-13,15H,6,14H2,1-5H3,(H,25,30)(H2,24,26,29). The third kappa shape index (κ3) is 8.48. The molecule has 0 fully saturated rings. The Morgan fingerprint density at radius 3 is 2.31 bits per heavy atom. The highest BCUT2D eigenvalue weighted by molar-refractivity contribution is 7.97. The van der Waals surface area contributed by atoms with E-state index in [4.69, 9.17) is 4.84 Å². The van der Waals surface area contributed by atoms with E-state index in [1.54, 1.807) is 12.1 Å². The molecule has 0 radical (unpaired) electrons. The number of nitrogens with zero attached hydrogens (tertiary/aromatic N) is 1. The first-order valence-electron chi connectivity index (χ1n) is 10.8. The minimum absolute atomic E-state index is 0.0352. The van der Waals surface area contributed by atoms with Crippen molar-refractivity contribution in [2.24, 2.45) is 0 Å². The fourth-order valence-electron chi connectivity index (χ4n) is 2.71. The Bertz CT molecular complexity index is 1160. The molecule has 2 aromatic rings. The van der Waals surface area contributed by atoms with Gasteiger partial charge in [0, 0.05) is 17.0 Å². The number of benzene rings is 2. The molecular formula is C23H30N4O6S2. The van der Waals surface area contributed by atoms with Crippen LogP contribution in [0.5, 0.6) is 0 Å². The van der Waals surface area contributed by atoms with Gasteiger partial charge >= 0.3 is 18.0 Å². The predicted molar refractivity (Wildman–Crippen MR) is 135 cm³/mol. The molecule has 3 N–H and O–H groups in total. The summed E-state index contributed by atoms with van der Waals surface area (Å²) in [6.45, 7) is 9.37. The highest BCUT2D eigenvalue weighted by Gasteiger charge is 2.28. The summed E-state index contributed by atoms with van der Waals surface area (Å²) in [7, 11) is -4.08. The quantitative estimate of drug-likeness (QED) is 0.361.